The van der Waals surface area contributed by atoms with E-state index >= 15 is 0 Å². The van der Waals surface area contributed by atoms with E-state index in [0.717, 1.165) is 42.3 Å². The summed E-state index contributed by atoms with van der Waals surface area (Å²) < 4.78 is 11.4. The van der Waals surface area contributed by atoms with Crippen molar-refractivity contribution in [2.24, 2.45) is 0 Å². The molecule has 3 aromatic carbocycles. The minimum Gasteiger partial charge on any atom is -0.496 e. The summed E-state index contributed by atoms with van der Waals surface area (Å²) in [5.41, 5.74) is 3.58. The summed E-state index contributed by atoms with van der Waals surface area (Å²) in [6.07, 6.45) is 3.00. The van der Waals surface area contributed by atoms with Crippen LogP contribution < -0.4 is 14.8 Å². The minimum absolute atomic E-state index is 0.797. The Labute approximate surface area is 165 Å². The molecule has 2 N–H and O–H groups in total. The first-order valence-electron chi connectivity index (χ1n) is 9.49. The second-order valence-corrected chi connectivity index (χ2v) is 6.69. The van der Waals surface area contributed by atoms with Gasteiger partial charge in [0.1, 0.15) is 17.2 Å². The third-order valence-electron chi connectivity index (χ3n) is 4.75. The van der Waals surface area contributed by atoms with E-state index < -0.39 is 0 Å². The molecule has 0 aliphatic rings. The molecule has 28 heavy (non-hydrogen) atoms. The van der Waals surface area contributed by atoms with Gasteiger partial charge in [-0.15, -0.1) is 0 Å². The van der Waals surface area contributed by atoms with Gasteiger partial charge in [-0.05, 0) is 60.5 Å². The zero-order valence-electron chi connectivity index (χ0n) is 15.9. The molecular weight excluding hydrogens is 348 g/mol. The van der Waals surface area contributed by atoms with Gasteiger partial charge in [0, 0.05) is 23.6 Å². The lowest BCUT2D eigenvalue weighted by molar-refractivity contribution is 0.419. The highest BCUT2D eigenvalue weighted by Crippen LogP contribution is 2.28. The van der Waals surface area contributed by atoms with E-state index in [1.165, 1.54) is 16.5 Å². The maximum atomic E-state index is 5.91. The monoisotopic (exact) mass is 372 g/mol. The Morgan fingerprint density at radius 3 is 2.57 bits per heavy atom. The van der Waals surface area contributed by atoms with Gasteiger partial charge in [-0.25, -0.2) is 0 Å². The zero-order valence-corrected chi connectivity index (χ0v) is 15.9. The van der Waals surface area contributed by atoms with Gasteiger partial charge in [0.25, 0.3) is 0 Å². The summed E-state index contributed by atoms with van der Waals surface area (Å²) >= 11 is 0. The number of rotatable bonds is 8. The van der Waals surface area contributed by atoms with Crippen LogP contribution in [0.15, 0.2) is 79.0 Å². The van der Waals surface area contributed by atoms with Crippen molar-refractivity contribution in [2.75, 3.05) is 13.7 Å². The fourth-order valence-corrected chi connectivity index (χ4v) is 3.39. The average Bonchev–Trinajstić information content (AvgIpc) is 3.15. The first-order chi connectivity index (χ1) is 13.8. The van der Waals surface area contributed by atoms with E-state index in [4.69, 9.17) is 9.47 Å². The van der Waals surface area contributed by atoms with Gasteiger partial charge >= 0.3 is 0 Å². The normalized spacial score (nSPS) is 10.9. The van der Waals surface area contributed by atoms with Crippen LogP contribution in [0.2, 0.25) is 0 Å². The van der Waals surface area contributed by atoms with Crippen LogP contribution in [-0.2, 0) is 13.0 Å². The summed E-state index contributed by atoms with van der Waals surface area (Å²) in [4.78, 5) is 3.33. The van der Waals surface area contributed by atoms with Crippen molar-refractivity contribution in [1.82, 2.24) is 10.3 Å². The maximum absolute atomic E-state index is 5.91. The highest BCUT2D eigenvalue weighted by Gasteiger charge is 2.08. The van der Waals surface area contributed by atoms with Crippen LogP contribution in [0.1, 0.15) is 11.1 Å². The fraction of sp³-hybridized carbons (Fsp3) is 0.167. The lowest BCUT2D eigenvalue weighted by atomic mass is 10.1. The quantitative estimate of drug-likeness (QED) is 0.413. The lowest BCUT2D eigenvalue weighted by Gasteiger charge is -2.09. The fourth-order valence-electron chi connectivity index (χ4n) is 3.39. The highest BCUT2D eigenvalue weighted by atomic mass is 16.5. The topological polar surface area (TPSA) is 46.3 Å². The van der Waals surface area contributed by atoms with Crippen LogP contribution in [0.3, 0.4) is 0 Å². The van der Waals surface area contributed by atoms with Crippen molar-refractivity contribution >= 4 is 10.9 Å². The van der Waals surface area contributed by atoms with Gasteiger partial charge in [-0.2, -0.15) is 0 Å². The summed E-state index contributed by atoms with van der Waals surface area (Å²) in [6, 6.07) is 24.1. The Bertz CT molecular complexity index is 1040. The smallest absolute Gasteiger partial charge is 0.128 e. The predicted molar refractivity (Wildman–Crippen MR) is 113 cm³/mol. The third kappa shape index (κ3) is 4.18. The first kappa shape index (κ1) is 18.1. The average molecular weight is 372 g/mol. The van der Waals surface area contributed by atoms with Crippen LogP contribution in [0.25, 0.3) is 10.9 Å². The number of para-hydroxylation sites is 1. The van der Waals surface area contributed by atoms with E-state index in [9.17, 15) is 0 Å². The first-order valence-corrected chi connectivity index (χ1v) is 9.49. The Hall–Kier alpha value is -3.24. The highest BCUT2D eigenvalue weighted by molar-refractivity contribution is 5.89. The van der Waals surface area contributed by atoms with Crippen LogP contribution in [-0.4, -0.2) is 18.6 Å². The van der Waals surface area contributed by atoms with Crippen molar-refractivity contribution in [1.29, 1.82) is 0 Å². The number of hydrogen-bond acceptors (Lipinski definition) is 3. The van der Waals surface area contributed by atoms with E-state index in [1.54, 1.807) is 7.11 Å². The molecule has 4 nitrogen and oxygen atoms in total. The minimum atomic E-state index is 0.797. The number of aromatic nitrogens is 1. The molecule has 0 fully saturated rings. The van der Waals surface area contributed by atoms with Crippen molar-refractivity contribution in [3.63, 3.8) is 0 Å². The van der Waals surface area contributed by atoms with Crippen LogP contribution in [0.4, 0.5) is 0 Å². The number of hydrogen-bond donors (Lipinski definition) is 2. The maximum Gasteiger partial charge on any atom is 0.128 e. The molecule has 0 radical (unpaired) electrons. The van der Waals surface area contributed by atoms with Crippen molar-refractivity contribution in [3.05, 3.63) is 90.1 Å². The molecule has 0 amide bonds. The number of ether oxygens (including phenoxy) is 2. The van der Waals surface area contributed by atoms with E-state index in [1.807, 2.05) is 54.6 Å². The summed E-state index contributed by atoms with van der Waals surface area (Å²) in [6.45, 7) is 1.68. The van der Waals surface area contributed by atoms with Gasteiger partial charge in [-0.3, -0.25) is 0 Å². The molecule has 0 saturated carbocycles. The second-order valence-electron chi connectivity index (χ2n) is 6.69. The van der Waals surface area contributed by atoms with E-state index in [0.29, 0.717) is 0 Å². The zero-order chi connectivity index (χ0) is 19.2. The Morgan fingerprint density at radius 1 is 0.893 bits per heavy atom. The molecule has 0 aliphatic heterocycles. The van der Waals surface area contributed by atoms with Crippen molar-refractivity contribution in [3.8, 4) is 17.2 Å². The molecule has 0 unspecified atom stereocenters. The Morgan fingerprint density at radius 2 is 1.71 bits per heavy atom. The lowest BCUT2D eigenvalue weighted by Crippen LogP contribution is -2.16. The summed E-state index contributed by atoms with van der Waals surface area (Å²) in [5.74, 6) is 2.62. The van der Waals surface area contributed by atoms with Gasteiger partial charge in [0.15, 0.2) is 0 Å². The molecule has 0 spiro atoms. The third-order valence-corrected chi connectivity index (χ3v) is 4.75. The molecule has 4 rings (SSSR count). The molecule has 1 heterocycles. The molecule has 4 aromatic rings. The molecule has 4 heteroatoms. The van der Waals surface area contributed by atoms with Crippen LogP contribution in [0, 0.1) is 0 Å². The van der Waals surface area contributed by atoms with E-state index in [2.05, 4.69) is 34.7 Å². The molecule has 142 valence electrons. The van der Waals surface area contributed by atoms with Gasteiger partial charge < -0.3 is 19.8 Å². The molecule has 0 saturated heterocycles. The summed E-state index contributed by atoms with van der Waals surface area (Å²) in [5, 5.41) is 4.69. The van der Waals surface area contributed by atoms with Crippen LogP contribution in [0.5, 0.6) is 17.2 Å². The molecular formula is C24H24N2O2. The Kier molecular flexibility index (Phi) is 5.59. The number of benzene rings is 3. The number of nitrogens with one attached hydrogen (secondary N) is 2. The van der Waals surface area contributed by atoms with Crippen molar-refractivity contribution in [2.45, 2.75) is 13.0 Å². The Balaban J connectivity index is 1.34. The molecule has 0 atom stereocenters. The predicted octanol–water partition coefficient (Wildman–Crippen LogP) is 5.30. The van der Waals surface area contributed by atoms with E-state index in [-0.39, 0.29) is 0 Å². The SMILES string of the molecule is COc1cccc2[nH]cc(CCNCc3cccc(Oc4ccccc4)c3)c12. The number of fused-ring (bicyclic) bond motifs is 1. The molecule has 0 aliphatic carbocycles. The van der Waals surface area contributed by atoms with Gasteiger partial charge in [0.05, 0.1) is 7.11 Å². The van der Waals surface area contributed by atoms with Crippen LogP contribution >= 0.6 is 0 Å². The number of H-pyrrole nitrogens is 1. The number of aromatic amines is 1. The second kappa shape index (κ2) is 8.63. The number of methoxy groups -OCH3 is 1. The largest absolute Gasteiger partial charge is 0.496 e. The van der Waals surface area contributed by atoms with Gasteiger partial charge in [0.2, 0.25) is 0 Å². The van der Waals surface area contributed by atoms with Gasteiger partial charge in [-0.1, -0.05) is 36.4 Å². The summed E-state index contributed by atoms with van der Waals surface area (Å²) in [7, 11) is 1.72. The van der Waals surface area contributed by atoms with Crippen molar-refractivity contribution < 1.29 is 9.47 Å². The standard InChI is InChI=1S/C24H24N2O2/c1-27-23-12-6-11-22-24(23)19(17-26-22)13-14-25-16-18-7-5-10-21(15-18)28-20-8-3-2-4-9-20/h2-12,15,17,25-26H,13-14,16H2,1H3. The molecule has 1 aromatic heterocycles. The molecule has 0 bridgehead atoms.